The van der Waals surface area contributed by atoms with Gasteiger partial charge in [0.15, 0.2) is 0 Å². The zero-order valence-corrected chi connectivity index (χ0v) is 12.6. The van der Waals surface area contributed by atoms with E-state index in [1.807, 2.05) is 13.8 Å². The minimum Gasteiger partial charge on any atom is -0.392 e. The first-order valence-electron chi connectivity index (χ1n) is 6.72. The van der Waals surface area contributed by atoms with Gasteiger partial charge in [0.1, 0.15) is 0 Å². The van der Waals surface area contributed by atoms with Crippen LogP contribution in [-0.4, -0.2) is 43.1 Å². The summed E-state index contributed by atoms with van der Waals surface area (Å²) >= 11 is 0. The van der Waals surface area contributed by atoms with Gasteiger partial charge in [0.05, 0.1) is 24.6 Å². The molecule has 6 heteroatoms. The van der Waals surface area contributed by atoms with Gasteiger partial charge >= 0.3 is 0 Å². The van der Waals surface area contributed by atoms with E-state index >= 15 is 0 Å². The Morgan fingerprint density at radius 1 is 1.15 bits per heavy atom. The number of nitrogens with zero attached hydrogens (tertiary/aromatic N) is 1. The van der Waals surface area contributed by atoms with Crippen molar-refractivity contribution in [3.8, 4) is 0 Å². The first-order chi connectivity index (χ1) is 9.40. The quantitative estimate of drug-likeness (QED) is 0.904. The molecule has 1 aliphatic heterocycles. The number of ether oxygens (including phenoxy) is 1. The van der Waals surface area contributed by atoms with Crippen LogP contribution in [0.3, 0.4) is 0 Å². The molecule has 0 amide bonds. The maximum atomic E-state index is 12.4. The molecule has 1 aromatic carbocycles. The summed E-state index contributed by atoms with van der Waals surface area (Å²) in [5.41, 5.74) is 1.51. The number of benzene rings is 1. The maximum absolute atomic E-state index is 12.4. The van der Waals surface area contributed by atoms with Gasteiger partial charge in [0.25, 0.3) is 0 Å². The molecule has 2 unspecified atom stereocenters. The molecule has 0 saturated carbocycles. The van der Waals surface area contributed by atoms with Crippen molar-refractivity contribution in [2.24, 2.45) is 0 Å². The minimum atomic E-state index is -3.33. The van der Waals surface area contributed by atoms with Gasteiger partial charge in [-0.2, -0.15) is 4.31 Å². The monoisotopic (exact) mass is 299 g/mol. The first kappa shape index (κ1) is 15.4. The van der Waals surface area contributed by atoms with Crippen molar-refractivity contribution in [1.29, 1.82) is 0 Å². The molecule has 1 heterocycles. The standard InChI is InChI=1S/C14H21NO4S/c1-11-7-15(8-12(2)19-11)20(17,18)10-14-5-3-13(9-16)4-6-14/h3-6,11-12,16H,7-10H2,1-2H3. The van der Waals surface area contributed by atoms with Gasteiger partial charge in [0, 0.05) is 13.1 Å². The second-order valence-corrected chi connectivity index (χ2v) is 7.27. The fourth-order valence-electron chi connectivity index (χ4n) is 2.40. The minimum absolute atomic E-state index is 0.0157. The molecule has 0 aliphatic carbocycles. The summed E-state index contributed by atoms with van der Waals surface area (Å²) in [6.07, 6.45) is -0.157. The van der Waals surface area contributed by atoms with Crippen molar-refractivity contribution in [3.63, 3.8) is 0 Å². The van der Waals surface area contributed by atoms with Crippen LogP contribution in [0.5, 0.6) is 0 Å². The third-order valence-electron chi connectivity index (χ3n) is 3.33. The van der Waals surface area contributed by atoms with Crippen molar-refractivity contribution >= 4 is 10.0 Å². The summed E-state index contributed by atoms with van der Waals surface area (Å²) in [7, 11) is -3.33. The molecule has 1 aliphatic rings. The predicted molar refractivity (Wildman–Crippen MR) is 76.6 cm³/mol. The summed E-state index contributed by atoms with van der Waals surface area (Å²) in [5.74, 6) is -0.0157. The van der Waals surface area contributed by atoms with Crippen LogP contribution in [-0.2, 0) is 27.1 Å². The van der Waals surface area contributed by atoms with Crippen molar-refractivity contribution in [2.75, 3.05) is 13.1 Å². The van der Waals surface area contributed by atoms with Crippen LogP contribution in [0.15, 0.2) is 24.3 Å². The molecule has 1 aromatic rings. The average molecular weight is 299 g/mol. The van der Waals surface area contributed by atoms with E-state index in [1.54, 1.807) is 24.3 Å². The summed E-state index contributed by atoms with van der Waals surface area (Å²) in [6.45, 7) is 4.54. The van der Waals surface area contributed by atoms with E-state index in [0.29, 0.717) is 13.1 Å². The van der Waals surface area contributed by atoms with Gasteiger partial charge in [-0.05, 0) is 25.0 Å². The first-order valence-corrected chi connectivity index (χ1v) is 8.33. The third-order valence-corrected chi connectivity index (χ3v) is 5.12. The third kappa shape index (κ3) is 3.79. The highest BCUT2D eigenvalue weighted by molar-refractivity contribution is 7.88. The van der Waals surface area contributed by atoms with Crippen LogP contribution in [0.4, 0.5) is 0 Å². The van der Waals surface area contributed by atoms with Crippen LogP contribution in [0.2, 0.25) is 0 Å². The van der Waals surface area contributed by atoms with Gasteiger partial charge in [-0.3, -0.25) is 0 Å². The van der Waals surface area contributed by atoms with Crippen LogP contribution < -0.4 is 0 Å². The van der Waals surface area contributed by atoms with Crippen LogP contribution >= 0.6 is 0 Å². The molecule has 0 bridgehead atoms. The number of hydrogen-bond donors (Lipinski definition) is 1. The highest BCUT2D eigenvalue weighted by Gasteiger charge is 2.30. The Balaban J connectivity index is 2.09. The molecule has 1 N–H and O–H groups in total. The molecular formula is C14H21NO4S. The Morgan fingerprint density at radius 3 is 2.15 bits per heavy atom. The van der Waals surface area contributed by atoms with Crippen molar-refractivity contribution in [2.45, 2.75) is 38.4 Å². The number of sulfonamides is 1. The molecule has 20 heavy (non-hydrogen) atoms. The zero-order chi connectivity index (χ0) is 14.8. The maximum Gasteiger partial charge on any atom is 0.218 e. The smallest absolute Gasteiger partial charge is 0.218 e. The van der Waals surface area contributed by atoms with E-state index in [2.05, 4.69) is 0 Å². The molecule has 2 atom stereocenters. The van der Waals surface area contributed by atoms with Crippen LogP contribution in [0, 0.1) is 0 Å². The predicted octanol–water partition coefficient (Wildman–Crippen LogP) is 1.12. The molecule has 112 valence electrons. The average Bonchev–Trinajstić information content (AvgIpc) is 2.38. The van der Waals surface area contributed by atoms with Gasteiger partial charge in [-0.15, -0.1) is 0 Å². The number of morpholine rings is 1. The van der Waals surface area contributed by atoms with Crippen molar-refractivity contribution in [1.82, 2.24) is 4.31 Å². The summed E-state index contributed by atoms with van der Waals surface area (Å²) in [4.78, 5) is 0. The fraction of sp³-hybridized carbons (Fsp3) is 0.571. The number of aliphatic hydroxyl groups excluding tert-OH is 1. The molecule has 5 nitrogen and oxygen atoms in total. The molecular weight excluding hydrogens is 278 g/mol. The summed E-state index contributed by atoms with van der Waals surface area (Å²) in [6, 6.07) is 6.98. The second-order valence-electron chi connectivity index (χ2n) is 5.31. The summed E-state index contributed by atoms with van der Waals surface area (Å²) in [5, 5.41) is 8.98. The number of rotatable bonds is 4. The van der Waals surface area contributed by atoms with E-state index < -0.39 is 10.0 Å². The zero-order valence-electron chi connectivity index (χ0n) is 11.8. The van der Waals surface area contributed by atoms with Gasteiger partial charge in [0.2, 0.25) is 10.0 Å². The Bertz CT molecular complexity index is 531. The molecule has 2 rings (SSSR count). The molecule has 1 saturated heterocycles. The Morgan fingerprint density at radius 2 is 1.65 bits per heavy atom. The Hall–Kier alpha value is -0.950. The van der Waals surface area contributed by atoms with Gasteiger partial charge in [-0.25, -0.2) is 8.42 Å². The lowest BCUT2D eigenvalue weighted by atomic mass is 10.2. The van der Waals surface area contributed by atoms with Gasteiger partial charge in [-0.1, -0.05) is 24.3 Å². The van der Waals surface area contributed by atoms with E-state index in [4.69, 9.17) is 9.84 Å². The normalized spacial score (nSPS) is 24.8. The molecule has 0 aromatic heterocycles. The molecule has 0 spiro atoms. The number of aliphatic hydroxyl groups is 1. The Kier molecular flexibility index (Phi) is 4.80. The highest BCUT2D eigenvalue weighted by Crippen LogP contribution is 2.18. The van der Waals surface area contributed by atoms with Crippen molar-refractivity contribution in [3.05, 3.63) is 35.4 Å². The van der Waals surface area contributed by atoms with E-state index in [-0.39, 0.29) is 24.6 Å². The van der Waals surface area contributed by atoms with E-state index in [9.17, 15) is 8.42 Å². The largest absolute Gasteiger partial charge is 0.392 e. The fourth-order valence-corrected chi connectivity index (χ4v) is 4.07. The second kappa shape index (κ2) is 6.22. The number of hydrogen-bond acceptors (Lipinski definition) is 4. The highest BCUT2D eigenvalue weighted by atomic mass is 32.2. The Labute approximate surface area is 120 Å². The van der Waals surface area contributed by atoms with Crippen molar-refractivity contribution < 1.29 is 18.3 Å². The summed E-state index contributed by atoms with van der Waals surface area (Å²) < 4.78 is 31.9. The lowest BCUT2D eigenvalue weighted by Crippen LogP contribution is -2.48. The SMILES string of the molecule is CC1CN(S(=O)(=O)Cc2ccc(CO)cc2)CC(C)O1. The lowest BCUT2D eigenvalue weighted by Gasteiger charge is -2.34. The van der Waals surface area contributed by atoms with Crippen LogP contribution in [0.1, 0.15) is 25.0 Å². The molecule has 0 radical (unpaired) electrons. The van der Waals surface area contributed by atoms with E-state index in [0.717, 1.165) is 11.1 Å². The topological polar surface area (TPSA) is 66.8 Å². The van der Waals surface area contributed by atoms with Crippen LogP contribution in [0.25, 0.3) is 0 Å². The van der Waals surface area contributed by atoms with E-state index in [1.165, 1.54) is 4.31 Å². The van der Waals surface area contributed by atoms with Gasteiger partial charge < -0.3 is 9.84 Å². The molecule has 1 fully saturated rings. The lowest BCUT2D eigenvalue weighted by molar-refractivity contribution is -0.0441.